The number of aliphatic hydroxyl groups is 1. The molecule has 0 rings (SSSR count). The van der Waals surface area contributed by atoms with Crippen LogP contribution in [0.3, 0.4) is 0 Å². The minimum Gasteiger partial charge on any atom is -0.474 e. The molecule has 3 N–H and O–H groups in total. The molecule has 1 unspecified atom stereocenters. The van der Waals surface area contributed by atoms with Gasteiger partial charge in [-0.2, -0.15) is 0 Å². The van der Waals surface area contributed by atoms with Crippen LogP contribution in [0.5, 0.6) is 0 Å². The first kappa shape index (κ1) is 14.4. The number of carbonyl (C=O) groups is 3. The molecule has 0 heterocycles. The van der Waals surface area contributed by atoms with Crippen molar-refractivity contribution in [2.45, 2.75) is 13.3 Å². The average Bonchev–Trinajstić information content (AvgIpc) is 2.24. The lowest BCUT2D eigenvalue weighted by molar-refractivity contribution is -0.150. The summed E-state index contributed by atoms with van der Waals surface area (Å²) in [4.78, 5) is 31.9. The summed E-state index contributed by atoms with van der Waals surface area (Å²) in [5.74, 6) is -4.03. The van der Waals surface area contributed by atoms with E-state index >= 15 is 0 Å². The number of rotatable bonds is 6. The zero-order chi connectivity index (χ0) is 12.6. The number of esters is 1. The number of hydrogen-bond donors (Lipinski definition) is 3. The fourth-order valence-electron chi connectivity index (χ4n) is 0.979. The Morgan fingerprint density at radius 3 is 2.44 bits per heavy atom. The maximum atomic E-state index is 11.2. The molecular formula is C9H15NO6. The maximum absolute atomic E-state index is 11.2. The molecule has 0 saturated heterocycles. The second-order valence-electron chi connectivity index (χ2n) is 2.98. The van der Waals surface area contributed by atoms with E-state index in [2.05, 4.69) is 10.1 Å². The summed E-state index contributed by atoms with van der Waals surface area (Å²) >= 11 is 0. The summed E-state index contributed by atoms with van der Waals surface area (Å²) in [5.41, 5.74) is 0. The average molecular weight is 233 g/mol. The van der Waals surface area contributed by atoms with Crippen LogP contribution in [0.2, 0.25) is 0 Å². The van der Waals surface area contributed by atoms with Gasteiger partial charge in [0.1, 0.15) is 0 Å². The molecule has 1 atom stereocenters. The van der Waals surface area contributed by atoms with Crippen molar-refractivity contribution in [2.24, 2.45) is 5.92 Å². The van der Waals surface area contributed by atoms with Crippen LogP contribution in [0.1, 0.15) is 13.3 Å². The molecule has 0 aromatic heterocycles. The molecule has 0 aromatic rings. The smallest absolute Gasteiger partial charge is 0.394 e. The van der Waals surface area contributed by atoms with E-state index in [0.29, 0.717) is 0 Å². The van der Waals surface area contributed by atoms with E-state index in [1.165, 1.54) is 0 Å². The summed E-state index contributed by atoms with van der Waals surface area (Å²) in [5, 5.41) is 19.2. The van der Waals surface area contributed by atoms with E-state index in [-0.39, 0.29) is 19.6 Å². The van der Waals surface area contributed by atoms with E-state index < -0.39 is 30.4 Å². The topological polar surface area (TPSA) is 113 Å². The second kappa shape index (κ2) is 7.63. The van der Waals surface area contributed by atoms with Gasteiger partial charge in [0, 0.05) is 6.54 Å². The van der Waals surface area contributed by atoms with Crippen LogP contribution in [0.15, 0.2) is 0 Å². The molecule has 0 aliphatic heterocycles. The Hall–Kier alpha value is -1.63. The van der Waals surface area contributed by atoms with Gasteiger partial charge in [0.2, 0.25) is 0 Å². The van der Waals surface area contributed by atoms with E-state index in [9.17, 15) is 14.4 Å². The van der Waals surface area contributed by atoms with Crippen LogP contribution in [0.4, 0.5) is 0 Å². The minimum absolute atomic E-state index is 0.00479. The molecule has 0 radical (unpaired) electrons. The lowest BCUT2D eigenvalue weighted by Crippen LogP contribution is -2.34. The van der Waals surface area contributed by atoms with Gasteiger partial charge in [0.25, 0.3) is 0 Å². The monoisotopic (exact) mass is 233 g/mol. The SMILES string of the molecule is CCOC(=O)C(CO)CCNC(=O)C(=O)O. The molecule has 7 nitrogen and oxygen atoms in total. The fourth-order valence-corrected chi connectivity index (χ4v) is 0.979. The summed E-state index contributed by atoms with van der Waals surface area (Å²) in [6, 6.07) is 0. The highest BCUT2D eigenvalue weighted by molar-refractivity contribution is 6.31. The number of amides is 1. The number of nitrogens with one attached hydrogen (secondary N) is 1. The highest BCUT2D eigenvalue weighted by atomic mass is 16.5. The Morgan fingerprint density at radius 2 is 2.00 bits per heavy atom. The molecule has 0 aliphatic rings. The standard InChI is InChI=1S/C9H15NO6/c1-2-16-9(15)6(5-11)3-4-10-7(12)8(13)14/h6,11H,2-5H2,1H3,(H,10,12)(H,13,14). The number of carboxylic acids is 1. The number of ether oxygens (including phenoxy) is 1. The molecular weight excluding hydrogens is 218 g/mol. The third kappa shape index (κ3) is 5.30. The van der Waals surface area contributed by atoms with E-state index in [0.717, 1.165) is 0 Å². The Balaban J connectivity index is 3.92. The predicted molar refractivity (Wildman–Crippen MR) is 52.5 cm³/mol. The summed E-state index contributed by atoms with van der Waals surface area (Å²) in [6.07, 6.45) is 0.133. The van der Waals surface area contributed by atoms with Crippen LogP contribution in [-0.4, -0.2) is 47.8 Å². The first-order valence-corrected chi connectivity index (χ1v) is 4.81. The van der Waals surface area contributed by atoms with Crippen LogP contribution in [0, 0.1) is 5.92 Å². The Labute approximate surface area is 92.4 Å². The van der Waals surface area contributed by atoms with Crippen LogP contribution in [-0.2, 0) is 19.1 Å². The highest BCUT2D eigenvalue weighted by Gasteiger charge is 2.19. The van der Waals surface area contributed by atoms with Crippen LogP contribution >= 0.6 is 0 Å². The van der Waals surface area contributed by atoms with Gasteiger partial charge in [-0.15, -0.1) is 0 Å². The molecule has 92 valence electrons. The fraction of sp³-hybridized carbons (Fsp3) is 0.667. The Morgan fingerprint density at radius 1 is 1.38 bits per heavy atom. The third-order valence-electron chi connectivity index (χ3n) is 1.81. The quantitative estimate of drug-likeness (QED) is 0.390. The number of carbonyl (C=O) groups excluding carboxylic acids is 2. The molecule has 0 fully saturated rings. The Bertz CT molecular complexity index is 265. The predicted octanol–water partition coefficient (Wildman–Crippen LogP) is -1.25. The van der Waals surface area contributed by atoms with Gasteiger partial charge in [0.15, 0.2) is 0 Å². The maximum Gasteiger partial charge on any atom is 0.394 e. The van der Waals surface area contributed by atoms with Crippen molar-refractivity contribution in [3.8, 4) is 0 Å². The second-order valence-corrected chi connectivity index (χ2v) is 2.98. The van der Waals surface area contributed by atoms with Gasteiger partial charge in [-0.05, 0) is 13.3 Å². The summed E-state index contributed by atoms with van der Waals surface area (Å²) < 4.78 is 4.67. The lowest BCUT2D eigenvalue weighted by atomic mass is 10.1. The normalized spacial score (nSPS) is 11.6. The van der Waals surface area contributed by atoms with Crippen LogP contribution < -0.4 is 5.32 Å². The zero-order valence-corrected chi connectivity index (χ0v) is 8.93. The van der Waals surface area contributed by atoms with E-state index in [1.54, 1.807) is 6.92 Å². The number of aliphatic carboxylic acids is 1. The summed E-state index contributed by atoms with van der Waals surface area (Å²) in [6.45, 7) is 1.44. The van der Waals surface area contributed by atoms with Crippen LogP contribution in [0.25, 0.3) is 0 Å². The van der Waals surface area contributed by atoms with Gasteiger partial charge in [0.05, 0.1) is 19.1 Å². The number of hydrogen-bond acceptors (Lipinski definition) is 5. The van der Waals surface area contributed by atoms with Gasteiger partial charge < -0.3 is 20.3 Å². The molecule has 0 aliphatic carbocycles. The number of aliphatic hydroxyl groups excluding tert-OH is 1. The molecule has 7 heteroatoms. The lowest BCUT2D eigenvalue weighted by Gasteiger charge is -2.12. The van der Waals surface area contributed by atoms with Crippen molar-refractivity contribution < 1.29 is 29.3 Å². The van der Waals surface area contributed by atoms with Gasteiger partial charge in [-0.1, -0.05) is 0 Å². The number of carboxylic acid groups (broad SMARTS) is 1. The van der Waals surface area contributed by atoms with Crippen molar-refractivity contribution in [2.75, 3.05) is 19.8 Å². The van der Waals surface area contributed by atoms with E-state index in [4.69, 9.17) is 10.2 Å². The van der Waals surface area contributed by atoms with Crippen molar-refractivity contribution in [1.82, 2.24) is 5.32 Å². The largest absolute Gasteiger partial charge is 0.474 e. The first-order valence-electron chi connectivity index (χ1n) is 4.81. The Kier molecular flexibility index (Phi) is 6.86. The molecule has 0 spiro atoms. The van der Waals surface area contributed by atoms with Gasteiger partial charge >= 0.3 is 17.8 Å². The minimum atomic E-state index is -1.59. The molecule has 0 bridgehead atoms. The molecule has 0 aromatic carbocycles. The van der Waals surface area contributed by atoms with Crippen molar-refractivity contribution >= 4 is 17.8 Å². The first-order chi connectivity index (χ1) is 7.52. The molecule has 0 saturated carbocycles. The third-order valence-corrected chi connectivity index (χ3v) is 1.81. The molecule has 1 amide bonds. The van der Waals surface area contributed by atoms with Crippen molar-refractivity contribution in [1.29, 1.82) is 0 Å². The van der Waals surface area contributed by atoms with Gasteiger partial charge in [-0.3, -0.25) is 9.59 Å². The van der Waals surface area contributed by atoms with E-state index in [1.807, 2.05) is 0 Å². The molecule has 16 heavy (non-hydrogen) atoms. The van der Waals surface area contributed by atoms with Crippen molar-refractivity contribution in [3.05, 3.63) is 0 Å². The summed E-state index contributed by atoms with van der Waals surface area (Å²) in [7, 11) is 0. The van der Waals surface area contributed by atoms with Gasteiger partial charge in [-0.25, -0.2) is 4.79 Å². The highest BCUT2D eigenvalue weighted by Crippen LogP contribution is 2.03. The zero-order valence-electron chi connectivity index (χ0n) is 8.93. The van der Waals surface area contributed by atoms with Crippen molar-refractivity contribution in [3.63, 3.8) is 0 Å².